The molecule has 0 aromatic carbocycles. The van der Waals surface area contributed by atoms with Gasteiger partial charge in [0.05, 0.1) is 24.2 Å². The lowest BCUT2D eigenvalue weighted by Gasteiger charge is -2.13. The largest absolute Gasteiger partial charge is 0.462 e. The number of rotatable bonds is 3. The Morgan fingerprint density at radius 2 is 2.14 bits per heavy atom. The summed E-state index contributed by atoms with van der Waals surface area (Å²) in [5, 5.41) is 3.67. The van der Waals surface area contributed by atoms with E-state index in [2.05, 4.69) is 14.8 Å². The molecule has 21 heavy (non-hydrogen) atoms. The molecule has 2 aromatic rings. The van der Waals surface area contributed by atoms with Crippen LogP contribution in [0.25, 0.3) is 5.69 Å². The number of carbonyl (C=O) groups is 1. The number of pyridine rings is 1. The average Bonchev–Trinajstić information content (AvgIpc) is 2.84. The maximum atomic E-state index is 13.3. The molecule has 0 spiro atoms. The van der Waals surface area contributed by atoms with E-state index in [-0.39, 0.29) is 12.3 Å². The molecule has 112 valence electrons. The summed E-state index contributed by atoms with van der Waals surface area (Å²) in [7, 11) is 0. The molecule has 0 radical (unpaired) electrons. The molecule has 2 heterocycles. The molecule has 0 aliphatic rings. The van der Waals surface area contributed by atoms with Gasteiger partial charge in [-0.3, -0.25) is 4.98 Å². The standard InChI is InChI=1S/C13H12F3N3O2/c1-3-21-12(20)9-7-18-19(11(9)13(14,15)16)10-5-4-6-17-8(10)2/h4-7H,3H2,1-2H3. The third-order valence-electron chi connectivity index (χ3n) is 2.74. The molecule has 5 nitrogen and oxygen atoms in total. The van der Waals surface area contributed by atoms with E-state index in [9.17, 15) is 18.0 Å². The van der Waals surface area contributed by atoms with E-state index in [1.54, 1.807) is 6.92 Å². The minimum absolute atomic E-state index is 0.0206. The lowest BCUT2D eigenvalue weighted by atomic mass is 10.2. The van der Waals surface area contributed by atoms with Gasteiger partial charge < -0.3 is 4.74 Å². The second-order valence-electron chi connectivity index (χ2n) is 4.14. The van der Waals surface area contributed by atoms with Gasteiger partial charge in [-0.2, -0.15) is 18.3 Å². The summed E-state index contributed by atoms with van der Waals surface area (Å²) in [5.74, 6) is -1.06. The van der Waals surface area contributed by atoms with E-state index >= 15 is 0 Å². The van der Waals surface area contributed by atoms with Crippen LogP contribution in [0, 0.1) is 6.92 Å². The van der Waals surface area contributed by atoms with Crippen LogP contribution in [0.1, 0.15) is 28.7 Å². The quantitative estimate of drug-likeness (QED) is 0.818. The first-order valence-electron chi connectivity index (χ1n) is 6.10. The van der Waals surface area contributed by atoms with Gasteiger partial charge in [0.1, 0.15) is 5.56 Å². The highest BCUT2D eigenvalue weighted by atomic mass is 19.4. The maximum Gasteiger partial charge on any atom is 0.434 e. The summed E-state index contributed by atoms with van der Waals surface area (Å²) in [6.07, 6.45) is -2.43. The van der Waals surface area contributed by atoms with E-state index in [1.165, 1.54) is 25.3 Å². The summed E-state index contributed by atoms with van der Waals surface area (Å²) in [6, 6.07) is 2.94. The first kappa shape index (κ1) is 15.0. The Bertz CT molecular complexity index is 665. The number of aryl methyl sites for hydroxylation is 1. The molecular formula is C13H12F3N3O2. The zero-order chi connectivity index (χ0) is 15.6. The number of ether oxygens (including phenoxy) is 1. The fourth-order valence-electron chi connectivity index (χ4n) is 1.86. The molecule has 0 bridgehead atoms. The molecule has 0 saturated heterocycles. The normalized spacial score (nSPS) is 11.5. The van der Waals surface area contributed by atoms with E-state index in [0.29, 0.717) is 10.4 Å². The molecule has 0 aliphatic carbocycles. The molecule has 2 rings (SSSR count). The number of hydrogen-bond donors (Lipinski definition) is 0. The van der Waals surface area contributed by atoms with Gasteiger partial charge in [0.15, 0.2) is 5.69 Å². The number of nitrogens with zero attached hydrogens (tertiary/aromatic N) is 3. The third kappa shape index (κ3) is 2.88. The van der Waals surface area contributed by atoms with Gasteiger partial charge >= 0.3 is 12.1 Å². The fraction of sp³-hybridized carbons (Fsp3) is 0.308. The van der Waals surface area contributed by atoms with Gasteiger partial charge in [0, 0.05) is 6.20 Å². The minimum atomic E-state index is -4.75. The fourth-order valence-corrected chi connectivity index (χ4v) is 1.86. The van der Waals surface area contributed by atoms with Crippen LogP contribution in [-0.2, 0) is 10.9 Å². The summed E-state index contributed by atoms with van der Waals surface area (Å²) in [4.78, 5) is 15.6. The van der Waals surface area contributed by atoms with Crippen molar-refractivity contribution in [1.29, 1.82) is 0 Å². The van der Waals surface area contributed by atoms with E-state index in [4.69, 9.17) is 0 Å². The molecule has 2 aromatic heterocycles. The third-order valence-corrected chi connectivity index (χ3v) is 2.74. The van der Waals surface area contributed by atoms with Crippen molar-refractivity contribution in [2.75, 3.05) is 6.61 Å². The Morgan fingerprint density at radius 1 is 1.43 bits per heavy atom. The van der Waals surface area contributed by atoms with E-state index < -0.39 is 23.4 Å². The number of esters is 1. The predicted octanol–water partition coefficient (Wildman–Crippen LogP) is 2.77. The van der Waals surface area contributed by atoms with Crippen molar-refractivity contribution >= 4 is 5.97 Å². The highest BCUT2D eigenvalue weighted by Gasteiger charge is 2.41. The Morgan fingerprint density at radius 3 is 2.71 bits per heavy atom. The van der Waals surface area contributed by atoms with Crippen LogP contribution in [0.3, 0.4) is 0 Å². The molecule has 0 fully saturated rings. The lowest BCUT2D eigenvalue weighted by Crippen LogP contribution is -2.19. The SMILES string of the molecule is CCOC(=O)c1cnn(-c2cccnc2C)c1C(F)(F)F. The summed E-state index contributed by atoms with van der Waals surface area (Å²) in [5.41, 5.74) is -1.27. The Balaban J connectivity index is 2.64. The van der Waals surface area contributed by atoms with Crippen molar-refractivity contribution in [2.24, 2.45) is 0 Å². The van der Waals surface area contributed by atoms with Crippen molar-refractivity contribution in [3.63, 3.8) is 0 Å². The second-order valence-corrected chi connectivity index (χ2v) is 4.14. The zero-order valence-electron chi connectivity index (χ0n) is 11.3. The molecule has 0 atom stereocenters. The molecule has 0 unspecified atom stereocenters. The molecule has 0 N–H and O–H groups in total. The Kier molecular flexibility index (Phi) is 3.97. The Labute approximate surface area is 118 Å². The first-order chi connectivity index (χ1) is 9.86. The predicted molar refractivity (Wildman–Crippen MR) is 67.1 cm³/mol. The number of hydrogen-bond acceptors (Lipinski definition) is 4. The van der Waals surface area contributed by atoms with Crippen LogP contribution in [0.4, 0.5) is 13.2 Å². The number of aromatic nitrogens is 3. The molecular weight excluding hydrogens is 287 g/mol. The van der Waals surface area contributed by atoms with Crippen LogP contribution in [-0.4, -0.2) is 27.3 Å². The average molecular weight is 299 g/mol. The van der Waals surface area contributed by atoms with Crippen LogP contribution in [0.15, 0.2) is 24.5 Å². The number of alkyl halides is 3. The summed E-state index contributed by atoms with van der Waals surface area (Å²) < 4.78 is 45.1. The highest BCUT2D eigenvalue weighted by molar-refractivity contribution is 5.90. The van der Waals surface area contributed by atoms with Gasteiger partial charge in [-0.25, -0.2) is 9.48 Å². The van der Waals surface area contributed by atoms with Crippen molar-refractivity contribution in [1.82, 2.24) is 14.8 Å². The smallest absolute Gasteiger partial charge is 0.434 e. The van der Waals surface area contributed by atoms with Gasteiger partial charge in [-0.05, 0) is 26.0 Å². The molecule has 0 aliphatic heterocycles. The van der Waals surface area contributed by atoms with Gasteiger partial charge in [-0.15, -0.1) is 0 Å². The van der Waals surface area contributed by atoms with Crippen LogP contribution in [0.5, 0.6) is 0 Å². The molecule has 0 saturated carbocycles. The maximum absolute atomic E-state index is 13.3. The van der Waals surface area contributed by atoms with Gasteiger partial charge in [0.25, 0.3) is 0 Å². The van der Waals surface area contributed by atoms with Gasteiger partial charge in [0.2, 0.25) is 0 Å². The molecule has 0 amide bonds. The lowest BCUT2D eigenvalue weighted by molar-refractivity contribution is -0.143. The monoisotopic (exact) mass is 299 g/mol. The zero-order valence-corrected chi connectivity index (χ0v) is 11.3. The number of halogens is 3. The van der Waals surface area contributed by atoms with Crippen molar-refractivity contribution in [2.45, 2.75) is 20.0 Å². The first-order valence-corrected chi connectivity index (χ1v) is 6.10. The van der Waals surface area contributed by atoms with Crippen LogP contribution < -0.4 is 0 Å². The van der Waals surface area contributed by atoms with Crippen LogP contribution >= 0.6 is 0 Å². The Hall–Kier alpha value is -2.38. The van der Waals surface area contributed by atoms with Gasteiger partial charge in [-0.1, -0.05) is 0 Å². The number of carbonyl (C=O) groups excluding carboxylic acids is 1. The van der Waals surface area contributed by atoms with E-state index in [1.807, 2.05) is 0 Å². The summed E-state index contributed by atoms with van der Waals surface area (Å²) >= 11 is 0. The van der Waals surface area contributed by atoms with Crippen molar-refractivity contribution in [3.8, 4) is 5.69 Å². The second kappa shape index (κ2) is 5.55. The minimum Gasteiger partial charge on any atom is -0.462 e. The summed E-state index contributed by atoms with van der Waals surface area (Å²) in [6.45, 7) is 3.05. The van der Waals surface area contributed by atoms with Crippen molar-refractivity contribution in [3.05, 3.63) is 41.5 Å². The van der Waals surface area contributed by atoms with Crippen LogP contribution in [0.2, 0.25) is 0 Å². The molecule has 8 heteroatoms. The van der Waals surface area contributed by atoms with E-state index in [0.717, 1.165) is 6.20 Å². The topological polar surface area (TPSA) is 57.0 Å². The van der Waals surface area contributed by atoms with Crippen molar-refractivity contribution < 1.29 is 22.7 Å². The highest BCUT2D eigenvalue weighted by Crippen LogP contribution is 2.34.